The van der Waals surface area contributed by atoms with Crippen LogP contribution in [0, 0.1) is 11.3 Å². The Kier molecular flexibility index (Phi) is 9.70. The van der Waals surface area contributed by atoms with Crippen molar-refractivity contribution in [3.05, 3.63) is 0 Å². The third-order valence-corrected chi connectivity index (χ3v) is 2.63. The molecule has 0 spiro atoms. The van der Waals surface area contributed by atoms with Crippen molar-refractivity contribution >= 4 is 8.80 Å². The van der Waals surface area contributed by atoms with Gasteiger partial charge in [-0.05, 0) is 6.42 Å². The van der Waals surface area contributed by atoms with Crippen LogP contribution in [0.5, 0.6) is 0 Å². The molecule has 0 saturated carbocycles. The lowest BCUT2D eigenvalue weighted by Crippen LogP contribution is -1.96. The molecule has 0 bridgehead atoms. The van der Waals surface area contributed by atoms with Gasteiger partial charge in [0.1, 0.15) is 0 Å². The van der Waals surface area contributed by atoms with Crippen molar-refractivity contribution in [3.8, 4) is 6.07 Å². The van der Waals surface area contributed by atoms with Crippen LogP contribution in [0.2, 0.25) is 19.1 Å². The molecule has 0 N–H and O–H groups in total. The summed E-state index contributed by atoms with van der Waals surface area (Å²) in [4.78, 5) is 0. The van der Waals surface area contributed by atoms with Gasteiger partial charge in [0.2, 0.25) is 0 Å². The van der Waals surface area contributed by atoms with E-state index >= 15 is 0 Å². The molecular weight excluding hydrogens is 133 g/mol. The van der Waals surface area contributed by atoms with Crippen molar-refractivity contribution in [3.63, 3.8) is 0 Å². The van der Waals surface area contributed by atoms with Crippen molar-refractivity contribution in [2.75, 3.05) is 0 Å². The minimum Gasteiger partial charge on any atom is -0.269 e. The fourth-order valence-corrected chi connectivity index (χ4v) is 1.61. The Bertz CT molecular complexity index is 87.5. The second kappa shape index (κ2) is 7.64. The molecule has 9 heavy (non-hydrogen) atoms. The highest BCUT2D eigenvalue weighted by Gasteiger charge is 1.92. The predicted octanol–water partition coefficient (Wildman–Crippen LogP) is 1.93. The van der Waals surface area contributed by atoms with Gasteiger partial charge in [0.15, 0.2) is 0 Å². The van der Waals surface area contributed by atoms with Gasteiger partial charge in [-0.2, -0.15) is 5.26 Å². The van der Waals surface area contributed by atoms with Gasteiger partial charge in [-0.15, -0.1) is 0 Å². The summed E-state index contributed by atoms with van der Waals surface area (Å²) in [5.41, 5.74) is 0. The molecule has 0 radical (unpaired) electrons. The quantitative estimate of drug-likeness (QED) is 0.442. The van der Waals surface area contributed by atoms with Gasteiger partial charge in [-0.3, -0.25) is 4.70 Å². The number of nitriles is 1. The molecule has 0 saturated heterocycles. The Morgan fingerprint density at radius 3 is 2.33 bits per heavy atom. The van der Waals surface area contributed by atoms with Crippen LogP contribution in [0.25, 0.3) is 0 Å². The van der Waals surface area contributed by atoms with Crippen LogP contribution in [-0.4, -0.2) is 8.80 Å². The number of nitrogens with zero attached hydrogens (tertiary/aromatic N) is 1. The zero-order valence-electron chi connectivity index (χ0n) is 6.05. The first kappa shape index (κ1) is 11.4. The van der Waals surface area contributed by atoms with E-state index in [1.807, 2.05) is 0 Å². The van der Waals surface area contributed by atoms with E-state index in [2.05, 4.69) is 19.2 Å². The maximum absolute atomic E-state index is 8.14. The first-order valence-electron chi connectivity index (χ1n) is 3.14. The minimum absolute atomic E-state index is 0. The molecule has 0 unspecified atom stereocenters. The van der Waals surface area contributed by atoms with Crippen molar-refractivity contribution in [2.24, 2.45) is 0 Å². The smallest absolute Gasteiger partial charge is 0.0621 e. The molecule has 0 aromatic rings. The summed E-state index contributed by atoms with van der Waals surface area (Å²) in [6.45, 7) is 4.63. The SMILES string of the molecule is C[SiH](C)CCCC#N.F. The van der Waals surface area contributed by atoms with E-state index in [0.717, 1.165) is 12.8 Å². The molecule has 1 nitrogen and oxygen atoms in total. The molecular formula is C6H14FNSi. The van der Waals surface area contributed by atoms with Crippen LogP contribution in [0.4, 0.5) is 4.70 Å². The van der Waals surface area contributed by atoms with E-state index in [1.165, 1.54) is 6.04 Å². The maximum atomic E-state index is 8.14. The number of hydrogen-bond donors (Lipinski definition) is 0. The van der Waals surface area contributed by atoms with Crippen LogP contribution in [0.15, 0.2) is 0 Å². The van der Waals surface area contributed by atoms with Gasteiger partial charge in [0, 0.05) is 15.2 Å². The normalized spacial score (nSPS) is 8.22. The van der Waals surface area contributed by atoms with Crippen LogP contribution in [-0.2, 0) is 0 Å². The molecule has 0 fully saturated rings. The molecule has 0 aromatic heterocycles. The standard InChI is InChI=1S/C6H13NSi.FH/c1-8(2)6-4-3-5-7;/h8H,3-4,6H2,1-2H3;1H. The first-order valence-corrected chi connectivity index (χ1v) is 6.27. The number of rotatable bonds is 3. The summed E-state index contributed by atoms with van der Waals surface area (Å²) in [5, 5.41) is 8.14. The first-order chi connectivity index (χ1) is 3.77. The molecule has 0 aromatic carbocycles. The molecule has 54 valence electrons. The zero-order valence-corrected chi connectivity index (χ0v) is 7.21. The van der Waals surface area contributed by atoms with Crippen molar-refractivity contribution in [1.82, 2.24) is 0 Å². The summed E-state index contributed by atoms with van der Waals surface area (Å²) in [5.74, 6) is 0. The summed E-state index contributed by atoms with van der Waals surface area (Å²) in [7, 11) is -0.353. The van der Waals surface area contributed by atoms with Gasteiger partial charge < -0.3 is 0 Å². The molecule has 0 heterocycles. The largest absolute Gasteiger partial charge is 0.269 e. The third-order valence-electron chi connectivity index (χ3n) is 1.07. The molecule has 0 aliphatic rings. The van der Waals surface area contributed by atoms with E-state index in [4.69, 9.17) is 5.26 Å². The number of hydrogen-bond acceptors (Lipinski definition) is 1. The second-order valence-corrected chi connectivity index (χ2v) is 5.81. The minimum atomic E-state index is -0.353. The lowest BCUT2D eigenvalue weighted by Gasteiger charge is -1.96. The molecule has 0 amide bonds. The third kappa shape index (κ3) is 11.3. The number of halogens is 1. The Morgan fingerprint density at radius 2 is 2.00 bits per heavy atom. The van der Waals surface area contributed by atoms with Gasteiger partial charge in [0.05, 0.1) is 6.07 Å². The Morgan fingerprint density at radius 1 is 1.44 bits per heavy atom. The Balaban J connectivity index is 0. The van der Waals surface area contributed by atoms with Gasteiger partial charge in [0.25, 0.3) is 0 Å². The van der Waals surface area contributed by atoms with Gasteiger partial charge in [-0.1, -0.05) is 19.1 Å². The average Bonchev–Trinajstić information content (AvgIpc) is 1.66. The molecule has 0 aliphatic carbocycles. The van der Waals surface area contributed by atoms with E-state index in [0.29, 0.717) is 0 Å². The lowest BCUT2D eigenvalue weighted by molar-refractivity contribution is 0.953. The molecule has 0 aliphatic heterocycles. The van der Waals surface area contributed by atoms with E-state index < -0.39 is 0 Å². The predicted molar refractivity (Wildman–Crippen MR) is 41.0 cm³/mol. The molecule has 3 heteroatoms. The highest BCUT2D eigenvalue weighted by Crippen LogP contribution is 1.98. The van der Waals surface area contributed by atoms with Crippen LogP contribution in [0.1, 0.15) is 12.8 Å². The van der Waals surface area contributed by atoms with Gasteiger partial charge >= 0.3 is 0 Å². The summed E-state index contributed by atoms with van der Waals surface area (Å²) in [6, 6.07) is 3.47. The average molecular weight is 147 g/mol. The van der Waals surface area contributed by atoms with Crippen LogP contribution >= 0.6 is 0 Å². The van der Waals surface area contributed by atoms with Crippen molar-refractivity contribution < 1.29 is 4.70 Å². The Hall–Kier alpha value is -0.363. The Labute approximate surface area is 57.7 Å². The second-order valence-electron chi connectivity index (χ2n) is 2.44. The zero-order chi connectivity index (χ0) is 6.41. The van der Waals surface area contributed by atoms with Gasteiger partial charge in [-0.25, -0.2) is 0 Å². The topological polar surface area (TPSA) is 23.8 Å². The van der Waals surface area contributed by atoms with E-state index in [1.54, 1.807) is 0 Å². The molecule has 0 rings (SSSR count). The summed E-state index contributed by atoms with van der Waals surface area (Å²) < 4.78 is 0. The summed E-state index contributed by atoms with van der Waals surface area (Å²) in [6.07, 6.45) is 1.88. The van der Waals surface area contributed by atoms with Crippen LogP contribution in [0.3, 0.4) is 0 Å². The van der Waals surface area contributed by atoms with Crippen molar-refractivity contribution in [1.29, 1.82) is 5.26 Å². The maximum Gasteiger partial charge on any atom is 0.0621 e. The van der Waals surface area contributed by atoms with E-state index in [-0.39, 0.29) is 13.5 Å². The van der Waals surface area contributed by atoms with Crippen LogP contribution < -0.4 is 0 Å². The fourth-order valence-electron chi connectivity index (χ4n) is 0.589. The highest BCUT2D eigenvalue weighted by molar-refractivity contribution is 6.55. The monoisotopic (exact) mass is 147 g/mol. The van der Waals surface area contributed by atoms with Crippen molar-refractivity contribution in [2.45, 2.75) is 32.0 Å². The fraction of sp³-hybridized carbons (Fsp3) is 0.833. The van der Waals surface area contributed by atoms with E-state index in [9.17, 15) is 0 Å². The summed E-state index contributed by atoms with van der Waals surface area (Å²) >= 11 is 0. The molecule has 0 atom stereocenters. The lowest BCUT2D eigenvalue weighted by atomic mass is 10.4. The highest BCUT2D eigenvalue weighted by atomic mass is 28.3. The number of unbranched alkanes of at least 4 members (excludes halogenated alkanes) is 1.